The van der Waals surface area contributed by atoms with E-state index in [0.29, 0.717) is 0 Å². The highest BCUT2D eigenvalue weighted by Gasteiger charge is 2.22. The Hall–Kier alpha value is -1.75. The van der Waals surface area contributed by atoms with Crippen LogP contribution in [0.15, 0.2) is 29.3 Å². The average Bonchev–Trinajstić information content (AvgIpc) is 3.26. The first-order valence-corrected chi connectivity index (χ1v) is 9.15. The highest BCUT2D eigenvalue weighted by atomic mass is 16.5. The summed E-state index contributed by atoms with van der Waals surface area (Å²) < 4.78 is 5.96. The third kappa shape index (κ3) is 4.41. The molecular weight excluding hydrogens is 300 g/mol. The molecule has 1 aromatic rings. The molecule has 0 spiro atoms. The van der Waals surface area contributed by atoms with Crippen molar-refractivity contribution in [1.29, 1.82) is 0 Å². The molecule has 1 aromatic carbocycles. The molecule has 0 radical (unpaired) electrons. The smallest absolute Gasteiger partial charge is 0.191 e. The molecule has 24 heavy (non-hydrogen) atoms. The maximum atomic E-state index is 5.96. The predicted octanol–water partition coefficient (Wildman–Crippen LogP) is 2.03. The van der Waals surface area contributed by atoms with Crippen LogP contribution in [0.1, 0.15) is 31.2 Å². The molecule has 3 rings (SSSR count). The summed E-state index contributed by atoms with van der Waals surface area (Å²) in [5.41, 5.74) is 1.30. The first-order valence-electron chi connectivity index (χ1n) is 9.15. The zero-order chi connectivity index (χ0) is 16.8. The van der Waals surface area contributed by atoms with E-state index in [1.54, 1.807) is 0 Å². The van der Waals surface area contributed by atoms with Gasteiger partial charge < -0.3 is 20.3 Å². The van der Waals surface area contributed by atoms with Crippen molar-refractivity contribution in [3.63, 3.8) is 0 Å². The van der Waals surface area contributed by atoms with Gasteiger partial charge in [-0.1, -0.05) is 31.0 Å². The molecule has 132 valence electrons. The first-order chi connectivity index (χ1) is 11.8. The number of ether oxygens (including phenoxy) is 1. The highest BCUT2D eigenvalue weighted by Crippen LogP contribution is 2.27. The van der Waals surface area contributed by atoms with Gasteiger partial charge in [-0.25, -0.2) is 0 Å². The Morgan fingerprint density at radius 3 is 2.79 bits per heavy atom. The maximum Gasteiger partial charge on any atom is 0.191 e. The Kier molecular flexibility index (Phi) is 5.96. The lowest BCUT2D eigenvalue weighted by molar-refractivity contribution is 0.234. The van der Waals surface area contributed by atoms with Crippen LogP contribution in [0, 0.1) is 0 Å². The van der Waals surface area contributed by atoms with Crippen molar-refractivity contribution in [1.82, 2.24) is 15.5 Å². The number of para-hydroxylation sites is 1. The molecule has 0 saturated heterocycles. The van der Waals surface area contributed by atoms with E-state index in [1.807, 2.05) is 19.2 Å². The van der Waals surface area contributed by atoms with Gasteiger partial charge in [0.25, 0.3) is 0 Å². The van der Waals surface area contributed by atoms with E-state index in [9.17, 15) is 0 Å². The van der Waals surface area contributed by atoms with Crippen molar-refractivity contribution in [2.24, 2.45) is 4.99 Å². The highest BCUT2D eigenvalue weighted by molar-refractivity contribution is 5.79. The van der Waals surface area contributed by atoms with Crippen molar-refractivity contribution in [3.8, 4) is 5.75 Å². The number of guanidine groups is 1. The zero-order valence-corrected chi connectivity index (χ0v) is 14.9. The molecular formula is C19H30N4O. The van der Waals surface area contributed by atoms with Crippen molar-refractivity contribution >= 4 is 5.96 Å². The second-order valence-electron chi connectivity index (χ2n) is 6.85. The van der Waals surface area contributed by atoms with Crippen molar-refractivity contribution in [2.75, 3.05) is 33.7 Å². The standard InChI is InChI=1S/C19H30N4O/c1-20-19(21-11-12-23(2)16-8-4-5-9-16)22-14-17-13-15-7-3-6-10-18(15)24-17/h3,6-7,10,16-17H,4-5,8-9,11-14H2,1-2H3,(H2,20,21,22). The minimum Gasteiger partial charge on any atom is -0.488 e. The molecule has 5 nitrogen and oxygen atoms in total. The summed E-state index contributed by atoms with van der Waals surface area (Å²) in [7, 11) is 4.05. The number of hydrogen-bond acceptors (Lipinski definition) is 3. The molecule has 5 heteroatoms. The van der Waals surface area contributed by atoms with Gasteiger partial charge in [0, 0.05) is 32.6 Å². The predicted molar refractivity (Wildman–Crippen MR) is 98.8 cm³/mol. The lowest BCUT2D eigenvalue weighted by Gasteiger charge is -2.24. The van der Waals surface area contributed by atoms with E-state index < -0.39 is 0 Å². The van der Waals surface area contributed by atoms with Gasteiger partial charge in [-0.05, 0) is 31.5 Å². The summed E-state index contributed by atoms with van der Waals surface area (Å²) in [6.07, 6.45) is 6.61. The molecule has 1 unspecified atom stereocenters. The molecule has 1 fully saturated rings. The Balaban J connectivity index is 1.35. The fraction of sp³-hybridized carbons (Fsp3) is 0.632. The van der Waals surface area contributed by atoms with Gasteiger partial charge in [0.05, 0.1) is 6.54 Å². The summed E-state index contributed by atoms with van der Waals surface area (Å²) in [5.74, 6) is 1.87. The molecule has 1 heterocycles. The van der Waals surface area contributed by atoms with Crippen LogP contribution in [-0.2, 0) is 6.42 Å². The van der Waals surface area contributed by atoms with E-state index in [0.717, 1.165) is 43.8 Å². The molecule has 1 aliphatic carbocycles. The van der Waals surface area contributed by atoms with Crippen LogP contribution in [-0.4, -0.2) is 56.7 Å². The largest absolute Gasteiger partial charge is 0.488 e. The van der Waals surface area contributed by atoms with E-state index in [4.69, 9.17) is 4.74 Å². The number of fused-ring (bicyclic) bond motifs is 1. The first kappa shape index (κ1) is 17.1. The van der Waals surface area contributed by atoms with Crippen molar-refractivity contribution < 1.29 is 4.74 Å². The number of benzene rings is 1. The quantitative estimate of drug-likeness (QED) is 0.619. The summed E-state index contributed by atoms with van der Waals surface area (Å²) in [4.78, 5) is 6.79. The molecule has 1 atom stereocenters. The van der Waals surface area contributed by atoms with Crippen LogP contribution >= 0.6 is 0 Å². The van der Waals surface area contributed by atoms with Gasteiger partial charge in [0.15, 0.2) is 5.96 Å². The molecule has 0 bridgehead atoms. The molecule has 1 saturated carbocycles. The SMILES string of the molecule is CN=C(NCCN(C)C1CCCC1)NCC1Cc2ccccc2O1. The lowest BCUT2D eigenvalue weighted by atomic mass is 10.1. The second-order valence-corrected chi connectivity index (χ2v) is 6.85. The van der Waals surface area contributed by atoms with Gasteiger partial charge in [0.1, 0.15) is 11.9 Å². The van der Waals surface area contributed by atoms with E-state index in [-0.39, 0.29) is 6.10 Å². The monoisotopic (exact) mass is 330 g/mol. The van der Waals surface area contributed by atoms with Gasteiger partial charge in [-0.15, -0.1) is 0 Å². The van der Waals surface area contributed by atoms with Crippen LogP contribution in [0.5, 0.6) is 5.75 Å². The fourth-order valence-electron chi connectivity index (χ4n) is 3.68. The number of nitrogens with one attached hydrogen (secondary N) is 2. The second kappa shape index (κ2) is 8.38. The Bertz CT molecular complexity index is 529. The van der Waals surface area contributed by atoms with Crippen LogP contribution in [0.2, 0.25) is 0 Å². The topological polar surface area (TPSA) is 48.9 Å². The van der Waals surface area contributed by atoms with Crippen molar-refractivity contribution in [3.05, 3.63) is 29.8 Å². The number of hydrogen-bond donors (Lipinski definition) is 2. The molecule has 2 aliphatic rings. The van der Waals surface area contributed by atoms with E-state index >= 15 is 0 Å². The van der Waals surface area contributed by atoms with Gasteiger partial charge in [-0.2, -0.15) is 0 Å². The van der Waals surface area contributed by atoms with Crippen LogP contribution in [0.3, 0.4) is 0 Å². The molecule has 0 amide bonds. The Morgan fingerprint density at radius 1 is 1.25 bits per heavy atom. The van der Waals surface area contributed by atoms with Crippen LogP contribution in [0.4, 0.5) is 0 Å². The fourth-order valence-corrected chi connectivity index (χ4v) is 3.68. The van der Waals surface area contributed by atoms with Crippen LogP contribution in [0.25, 0.3) is 0 Å². The summed E-state index contributed by atoms with van der Waals surface area (Å²) in [6.45, 7) is 2.74. The number of rotatable bonds is 6. The Morgan fingerprint density at radius 2 is 2.04 bits per heavy atom. The van der Waals surface area contributed by atoms with E-state index in [2.05, 4.69) is 39.7 Å². The summed E-state index contributed by atoms with van der Waals surface area (Å²) >= 11 is 0. The molecule has 2 N–H and O–H groups in total. The minimum absolute atomic E-state index is 0.183. The number of likely N-dealkylation sites (N-methyl/N-ethyl adjacent to an activating group) is 1. The molecule has 0 aromatic heterocycles. The third-order valence-corrected chi connectivity index (χ3v) is 5.14. The lowest BCUT2D eigenvalue weighted by Crippen LogP contribution is -2.45. The number of nitrogens with zero attached hydrogens (tertiary/aromatic N) is 2. The summed E-state index contributed by atoms with van der Waals surface area (Å²) in [5, 5.41) is 6.80. The number of aliphatic imine (C=N–C) groups is 1. The van der Waals surface area contributed by atoms with Crippen molar-refractivity contribution in [2.45, 2.75) is 44.2 Å². The third-order valence-electron chi connectivity index (χ3n) is 5.14. The molecule has 1 aliphatic heterocycles. The minimum atomic E-state index is 0.183. The maximum absolute atomic E-state index is 5.96. The normalized spacial score (nSPS) is 21.0. The van der Waals surface area contributed by atoms with Gasteiger partial charge in [0.2, 0.25) is 0 Å². The summed E-state index contributed by atoms with van der Waals surface area (Å²) in [6, 6.07) is 9.05. The average molecular weight is 330 g/mol. The van der Waals surface area contributed by atoms with Gasteiger partial charge >= 0.3 is 0 Å². The van der Waals surface area contributed by atoms with Gasteiger partial charge in [-0.3, -0.25) is 4.99 Å². The van der Waals surface area contributed by atoms with E-state index in [1.165, 1.54) is 31.2 Å². The zero-order valence-electron chi connectivity index (χ0n) is 14.9. The Labute approximate surface area is 145 Å². The van der Waals surface area contributed by atoms with Crippen LogP contribution < -0.4 is 15.4 Å².